The molecule has 0 aliphatic carbocycles. The zero-order valence-corrected chi connectivity index (χ0v) is 19.7. The van der Waals surface area contributed by atoms with E-state index in [0.717, 1.165) is 48.6 Å². The lowest BCUT2D eigenvalue weighted by molar-refractivity contribution is -0.128. The number of likely N-dealkylation sites (tertiary alicyclic amines) is 1. The predicted octanol–water partition coefficient (Wildman–Crippen LogP) is 3.86. The monoisotopic (exact) mass is 524 g/mol. The van der Waals surface area contributed by atoms with Gasteiger partial charge in [-0.15, -0.1) is 24.0 Å². The first-order valence-electron chi connectivity index (χ1n) is 10.3. The van der Waals surface area contributed by atoms with Gasteiger partial charge >= 0.3 is 0 Å². The second kappa shape index (κ2) is 12.5. The molecule has 3 rings (SSSR count). The van der Waals surface area contributed by atoms with Gasteiger partial charge in [-0.1, -0.05) is 36.4 Å². The second-order valence-electron chi connectivity index (χ2n) is 7.24. The lowest BCUT2D eigenvalue weighted by atomic mass is 10.1. The number of hydrogen-bond acceptors (Lipinski definition) is 2. The summed E-state index contributed by atoms with van der Waals surface area (Å²) in [7, 11) is 0. The molecule has 1 amide bonds. The highest BCUT2D eigenvalue weighted by Crippen LogP contribution is 2.15. The number of nitrogens with one attached hydrogen (secondary N) is 2. The molecule has 30 heavy (non-hydrogen) atoms. The van der Waals surface area contributed by atoms with Gasteiger partial charge in [0.25, 0.3) is 0 Å². The maximum atomic E-state index is 13.3. The summed E-state index contributed by atoms with van der Waals surface area (Å²) in [6.45, 7) is 5.59. The van der Waals surface area contributed by atoms with E-state index in [-0.39, 0.29) is 35.7 Å². The summed E-state index contributed by atoms with van der Waals surface area (Å²) in [5.74, 6) is 0.787. The van der Waals surface area contributed by atoms with Gasteiger partial charge in [-0.3, -0.25) is 4.79 Å². The summed E-state index contributed by atoms with van der Waals surface area (Å²) < 4.78 is 13.3. The van der Waals surface area contributed by atoms with E-state index < -0.39 is 0 Å². The maximum absolute atomic E-state index is 13.3. The number of amides is 1. The SMILES string of the molecule is CCNC(=NCc1ccc(CN2CCCC2=O)cc1)NCCc1cccc(F)c1.I. The second-order valence-corrected chi connectivity index (χ2v) is 7.24. The molecule has 2 aromatic rings. The van der Waals surface area contributed by atoms with Crippen LogP contribution in [-0.4, -0.2) is 36.4 Å². The van der Waals surface area contributed by atoms with Crippen LogP contribution >= 0.6 is 24.0 Å². The number of hydrogen-bond donors (Lipinski definition) is 2. The minimum absolute atomic E-state index is 0. The smallest absolute Gasteiger partial charge is 0.222 e. The minimum Gasteiger partial charge on any atom is -0.357 e. The molecule has 1 aliphatic rings. The van der Waals surface area contributed by atoms with Crippen molar-refractivity contribution in [2.75, 3.05) is 19.6 Å². The average Bonchev–Trinajstić information content (AvgIpc) is 3.12. The fraction of sp³-hybridized carbons (Fsp3) is 0.391. The standard InChI is InChI=1S/C23H29FN4O.HI/c1-2-25-23(26-13-12-18-5-3-6-21(24)15-18)27-16-19-8-10-20(11-9-19)17-28-14-4-7-22(28)29;/h3,5-6,8-11,15H,2,4,7,12-14,16-17H2,1H3,(H2,25,26,27);1H. The van der Waals surface area contributed by atoms with Crippen LogP contribution in [0.2, 0.25) is 0 Å². The molecule has 5 nitrogen and oxygen atoms in total. The van der Waals surface area contributed by atoms with Crippen LogP contribution in [0.4, 0.5) is 4.39 Å². The zero-order valence-electron chi connectivity index (χ0n) is 17.4. The van der Waals surface area contributed by atoms with E-state index in [9.17, 15) is 9.18 Å². The van der Waals surface area contributed by atoms with E-state index in [2.05, 4.69) is 39.9 Å². The molecule has 162 valence electrons. The predicted molar refractivity (Wildman–Crippen MR) is 129 cm³/mol. The highest BCUT2D eigenvalue weighted by atomic mass is 127. The molecule has 0 radical (unpaired) electrons. The Bertz CT molecular complexity index is 841. The van der Waals surface area contributed by atoms with E-state index in [0.29, 0.717) is 26.1 Å². The highest BCUT2D eigenvalue weighted by Gasteiger charge is 2.19. The summed E-state index contributed by atoms with van der Waals surface area (Å²) >= 11 is 0. The number of carbonyl (C=O) groups is 1. The van der Waals surface area contributed by atoms with Crippen LogP contribution in [-0.2, 0) is 24.3 Å². The molecule has 0 atom stereocenters. The van der Waals surface area contributed by atoms with Crippen molar-refractivity contribution >= 4 is 35.8 Å². The maximum Gasteiger partial charge on any atom is 0.222 e. The van der Waals surface area contributed by atoms with Crippen molar-refractivity contribution in [3.05, 3.63) is 71.0 Å². The van der Waals surface area contributed by atoms with Crippen molar-refractivity contribution in [2.24, 2.45) is 4.99 Å². The Morgan fingerprint density at radius 1 is 1.10 bits per heavy atom. The van der Waals surface area contributed by atoms with E-state index in [1.165, 1.54) is 6.07 Å². The van der Waals surface area contributed by atoms with E-state index in [4.69, 9.17) is 0 Å². The molecule has 0 bridgehead atoms. The Kier molecular flexibility index (Phi) is 10.1. The Balaban J connectivity index is 0.00000320. The van der Waals surface area contributed by atoms with Crippen molar-refractivity contribution < 1.29 is 9.18 Å². The summed E-state index contributed by atoms with van der Waals surface area (Å²) in [6.07, 6.45) is 2.36. The fourth-order valence-electron chi connectivity index (χ4n) is 3.37. The van der Waals surface area contributed by atoms with E-state index in [1.54, 1.807) is 12.1 Å². The van der Waals surface area contributed by atoms with Gasteiger partial charge in [0.1, 0.15) is 5.82 Å². The van der Waals surface area contributed by atoms with Crippen LogP contribution in [0.3, 0.4) is 0 Å². The third-order valence-electron chi connectivity index (χ3n) is 4.93. The van der Waals surface area contributed by atoms with E-state index >= 15 is 0 Å². The van der Waals surface area contributed by atoms with Crippen molar-refractivity contribution in [3.63, 3.8) is 0 Å². The highest BCUT2D eigenvalue weighted by molar-refractivity contribution is 14.0. The molecule has 0 unspecified atom stereocenters. The lowest BCUT2D eigenvalue weighted by Gasteiger charge is -2.15. The van der Waals surface area contributed by atoms with E-state index in [1.807, 2.05) is 17.9 Å². The van der Waals surface area contributed by atoms with Gasteiger partial charge < -0.3 is 15.5 Å². The number of guanidine groups is 1. The van der Waals surface area contributed by atoms with Crippen LogP contribution in [0.1, 0.15) is 36.5 Å². The Labute approximate surface area is 195 Å². The Morgan fingerprint density at radius 2 is 1.87 bits per heavy atom. The fourth-order valence-corrected chi connectivity index (χ4v) is 3.37. The molecule has 1 fully saturated rings. The number of halogens is 2. The molecular weight excluding hydrogens is 494 g/mol. The van der Waals surface area contributed by atoms with Gasteiger partial charge in [0.15, 0.2) is 5.96 Å². The van der Waals surface area contributed by atoms with Gasteiger partial charge in [0.05, 0.1) is 6.54 Å². The van der Waals surface area contributed by atoms with Crippen LogP contribution in [0.25, 0.3) is 0 Å². The average molecular weight is 524 g/mol. The molecule has 2 N–H and O–H groups in total. The van der Waals surface area contributed by atoms with Gasteiger partial charge in [0, 0.05) is 32.6 Å². The number of rotatable bonds is 8. The van der Waals surface area contributed by atoms with Crippen molar-refractivity contribution in [2.45, 2.75) is 39.3 Å². The van der Waals surface area contributed by atoms with Crippen LogP contribution < -0.4 is 10.6 Å². The van der Waals surface area contributed by atoms with Gasteiger partial charge in [-0.25, -0.2) is 9.38 Å². The molecule has 1 heterocycles. The number of benzene rings is 2. The van der Waals surface area contributed by atoms with Crippen molar-refractivity contribution in [1.82, 2.24) is 15.5 Å². The summed E-state index contributed by atoms with van der Waals surface area (Å²) in [5, 5.41) is 6.53. The molecule has 7 heteroatoms. The number of aliphatic imine (C=N–C) groups is 1. The summed E-state index contributed by atoms with van der Waals surface area (Å²) in [4.78, 5) is 18.3. The third kappa shape index (κ3) is 7.59. The molecule has 2 aromatic carbocycles. The first kappa shape index (κ1) is 24.1. The number of carbonyl (C=O) groups excluding carboxylic acids is 1. The van der Waals surface area contributed by atoms with Gasteiger partial charge in [-0.2, -0.15) is 0 Å². The van der Waals surface area contributed by atoms with Crippen molar-refractivity contribution in [3.8, 4) is 0 Å². The first-order chi connectivity index (χ1) is 14.1. The largest absolute Gasteiger partial charge is 0.357 e. The topological polar surface area (TPSA) is 56.7 Å². The molecule has 1 saturated heterocycles. The molecular formula is C23H30FIN4O. The lowest BCUT2D eigenvalue weighted by Crippen LogP contribution is -2.38. The van der Waals surface area contributed by atoms with Gasteiger partial charge in [0.2, 0.25) is 5.91 Å². The quantitative estimate of drug-likeness (QED) is 0.313. The molecule has 0 spiro atoms. The Hall–Kier alpha value is -2.16. The molecule has 0 aromatic heterocycles. The summed E-state index contributed by atoms with van der Waals surface area (Å²) in [6, 6.07) is 14.9. The summed E-state index contributed by atoms with van der Waals surface area (Å²) in [5.41, 5.74) is 3.22. The van der Waals surface area contributed by atoms with Crippen LogP contribution in [0, 0.1) is 5.82 Å². The van der Waals surface area contributed by atoms with Gasteiger partial charge in [-0.05, 0) is 48.6 Å². The zero-order chi connectivity index (χ0) is 20.5. The minimum atomic E-state index is -0.208. The van der Waals surface area contributed by atoms with Crippen LogP contribution in [0.5, 0.6) is 0 Å². The first-order valence-corrected chi connectivity index (χ1v) is 10.3. The molecule has 1 aliphatic heterocycles. The Morgan fingerprint density at radius 3 is 2.53 bits per heavy atom. The van der Waals surface area contributed by atoms with Crippen molar-refractivity contribution in [1.29, 1.82) is 0 Å². The van der Waals surface area contributed by atoms with Crippen LogP contribution in [0.15, 0.2) is 53.5 Å². The molecule has 0 saturated carbocycles. The third-order valence-corrected chi connectivity index (χ3v) is 4.93. The normalized spacial score (nSPS) is 13.9. The number of nitrogens with zero attached hydrogens (tertiary/aromatic N) is 2.